The zero-order valence-electron chi connectivity index (χ0n) is 23.9. The van der Waals surface area contributed by atoms with Crippen LogP contribution in [0.25, 0.3) is 0 Å². The highest BCUT2D eigenvalue weighted by Gasteiger charge is 2.33. The number of carbonyl (C=O) groups excluding carboxylic acids is 2. The van der Waals surface area contributed by atoms with Crippen LogP contribution in [0.1, 0.15) is 49.4 Å². The van der Waals surface area contributed by atoms with Gasteiger partial charge in [-0.15, -0.1) is 0 Å². The minimum atomic E-state index is -4.12. The Balaban J connectivity index is 2.07. The largest absolute Gasteiger partial charge is 0.352 e. The van der Waals surface area contributed by atoms with Crippen LogP contribution >= 0.6 is 11.6 Å². The van der Waals surface area contributed by atoms with Gasteiger partial charge in [0.05, 0.1) is 10.6 Å². The van der Waals surface area contributed by atoms with Gasteiger partial charge >= 0.3 is 0 Å². The van der Waals surface area contributed by atoms with Gasteiger partial charge in [-0.2, -0.15) is 0 Å². The van der Waals surface area contributed by atoms with Gasteiger partial charge in [-0.3, -0.25) is 13.9 Å². The van der Waals surface area contributed by atoms with Crippen molar-refractivity contribution in [2.45, 2.75) is 71.5 Å². The summed E-state index contributed by atoms with van der Waals surface area (Å²) in [6.07, 6.45) is 0.732. The molecule has 0 aliphatic rings. The highest BCUT2D eigenvalue weighted by atomic mass is 35.5. The van der Waals surface area contributed by atoms with Crippen LogP contribution in [0.2, 0.25) is 5.02 Å². The summed E-state index contributed by atoms with van der Waals surface area (Å²) in [5.74, 6) is -0.826. The van der Waals surface area contributed by atoms with E-state index in [0.717, 1.165) is 27.4 Å². The van der Waals surface area contributed by atoms with Gasteiger partial charge in [0, 0.05) is 17.6 Å². The predicted octanol–water partition coefficient (Wildman–Crippen LogP) is 5.79. The van der Waals surface area contributed by atoms with E-state index in [-0.39, 0.29) is 23.4 Å². The molecule has 1 N–H and O–H groups in total. The standard InChI is InChI=1S/C31H38ClN3O4S/c1-7-24(5)33-31(37)25(6)34(19-26-9-8-10-27(32)18-26)30(36)20-35(29-17-22(3)11-14-23(29)4)40(38,39)28-15-12-21(2)13-16-28/h8-18,24-25H,7,19-20H2,1-6H3,(H,33,37)/t24-,25+/m0/s1. The van der Waals surface area contributed by atoms with E-state index in [9.17, 15) is 18.0 Å². The fourth-order valence-corrected chi connectivity index (χ4v) is 5.90. The number of halogens is 1. The number of hydrogen-bond acceptors (Lipinski definition) is 4. The second kappa shape index (κ2) is 13.3. The number of aryl methyl sites for hydroxylation is 3. The van der Waals surface area contributed by atoms with Crippen molar-refractivity contribution in [3.8, 4) is 0 Å². The van der Waals surface area contributed by atoms with Crippen molar-refractivity contribution < 1.29 is 18.0 Å². The quantitative estimate of drug-likeness (QED) is 0.309. The molecule has 0 saturated carbocycles. The molecule has 3 rings (SSSR count). The summed E-state index contributed by atoms with van der Waals surface area (Å²) in [6, 6.07) is 18.1. The average molecular weight is 584 g/mol. The minimum Gasteiger partial charge on any atom is -0.352 e. The number of amides is 2. The molecule has 0 fully saturated rings. The molecular weight excluding hydrogens is 546 g/mol. The third-order valence-electron chi connectivity index (χ3n) is 6.93. The van der Waals surface area contributed by atoms with Gasteiger partial charge in [0.15, 0.2) is 0 Å². The second-order valence-corrected chi connectivity index (χ2v) is 12.6. The Hall–Kier alpha value is -3.36. The van der Waals surface area contributed by atoms with Crippen LogP contribution in [-0.4, -0.2) is 43.8 Å². The van der Waals surface area contributed by atoms with E-state index in [1.807, 2.05) is 52.8 Å². The van der Waals surface area contributed by atoms with E-state index in [0.29, 0.717) is 16.3 Å². The molecule has 0 bridgehead atoms. The molecule has 0 aromatic heterocycles. The lowest BCUT2D eigenvalue weighted by Gasteiger charge is -2.33. The van der Waals surface area contributed by atoms with Crippen LogP contribution in [-0.2, 0) is 26.2 Å². The summed E-state index contributed by atoms with van der Waals surface area (Å²) in [5, 5.41) is 3.43. The minimum absolute atomic E-state index is 0.0774. The lowest BCUT2D eigenvalue weighted by molar-refractivity contribution is -0.139. The Labute approximate surface area is 243 Å². The van der Waals surface area contributed by atoms with Crippen molar-refractivity contribution in [1.29, 1.82) is 0 Å². The zero-order chi connectivity index (χ0) is 29.6. The lowest BCUT2D eigenvalue weighted by atomic mass is 10.1. The monoisotopic (exact) mass is 583 g/mol. The summed E-state index contributed by atoms with van der Waals surface area (Å²) in [6.45, 7) is 10.7. The summed E-state index contributed by atoms with van der Waals surface area (Å²) in [5.41, 5.74) is 3.62. The molecule has 2 atom stereocenters. The average Bonchev–Trinajstić information content (AvgIpc) is 2.91. The number of sulfonamides is 1. The maximum absolute atomic E-state index is 14.1. The van der Waals surface area contributed by atoms with E-state index in [1.54, 1.807) is 55.5 Å². The molecule has 0 aliphatic heterocycles. The van der Waals surface area contributed by atoms with E-state index in [2.05, 4.69) is 5.32 Å². The Morgan fingerprint density at radius 1 is 0.925 bits per heavy atom. The summed E-state index contributed by atoms with van der Waals surface area (Å²) < 4.78 is 29.2. The Morgan fingerprint density at radius 3 is 2.20 bits per heavy atom. The fraction of sp³-hybridized carbons (Fsp3) is 0.355. The highest BCUT2D eigenvalue weighted by Crippen LogP contribution is 2.29. The molecule has 40 heavy (non-hydrogen) atoms. The third kappa shape index (κ3) is 7.64. The predicted molar refractivity (Wildman–Crippen MR) is 161 cm³/mol. The van der Waals surface area contributed by atoms with Gasteiger partial charge in [-0.25, -0.2) is 8.42 Å². The second-order valence-electron chi connectivity index (χ2n) is 10.3. The number of nitrogens with zero attached hydrogens (tertiary/aromatic N) is 2. The van der Waals surface area contributed by atoms with Gasteiger partial charge in [-0.1, -0.05) is 60.5 Å². The van der Waals surface area contributed by atoms with Gasteiger partial charge in [-0.05, 0) is 88.1 Å². The molecule has 0 radical (unpaired) electrons. The van der Waals surface area contributed by atoms with Crippen LogP contribution in [0.5, 0.6) is 0 Å². The van der Waals surface area contributed by atoms with E-state index in [1.165, 1.54) is 4.90 Å². The zero-order valence-corrected chi connectivity index (χ0v) is 25.5. The number of hydrogen-bond donors (Lipinski definition) is 1. The molecule has 7 nitrogen and oxygen atoms in total. The third-order valence-corrected chi connectivity index (χ3v) is 8.94. The molecule has 0 aliphatic carbocycles. The molecule has 0 spiro atoms. The summed E-state index contributed by atoms with van der Waals surface area (Å²) in [7, 11) is -4.12. The molecule has 3 aromatic carbocycles. The van der Waals surface area contributed by atoms with E-state index < -0.39 is 28.5 Å². The first-order valence-corrected chi connectivity index (χ1v) is 15.2. The Morgan fingerprint density at radius 2 is 1.57 bits per heavy atom. The molecule has 9 heteroatoms. The van der Waals surface area contributed by atoms with Crippen LogP contribution in [0.3, 0.4) is 0 Å². The van der Waals surface area contributed by atoms with Crippen LogP contribution in [0.4, 0.5) is 5.69 Å². The summed E-state index contributed by atoms with van der Waals surface area (Å²) >= 11 is 6.20. The first kappa shape index (κ1) is 31.2. The van der Waals surface area contributed by atoms with Crippen molar-refractivity contribution in [3.63, 3.8) is 0 Å². The first-order valence-electron chi connectivity index (χ1n) is 13.3. The van der Waals surface area contributed by atoms with Gasteiger partial charge in [0.1, 0.15) is 12.6 Å². The Bertz CT molecular complexity index is 1460. The van der Waals surface area contributed by atoms with Gasteiger partial charge in [0.25, 0.3) is 10.0 Å². The molecule has 2 amide bonds. The maximum atomic E-state index is 14.1. The van der Waals surface area contributed by atoms with Crippen molar-refractivity contribution in [2.75, 3.05) is 10.8 Å². The van der Waals surface area contributed by atoms with Gasteiger partial charge in [0.2, 0.25) is 11.8 Å². The fourth-order valence-electron chi connectivity index (χ4n) is 4.22. The SMILES string of the molecule is CC[C@H](C)NC(=O)[C@@H](C)N(Cc1cccc(Cl)c1)C(=O)CN(c1cc(C)ccc1C)S(=O)(=O)c1ccc(C)cc1. The van der Waals surface area contributed by atoms with Crippen LogP contribution in [0.15, 0.2) is 71.6 Å². The smallest absolute Gasteiger partial charge is 0.264 e. The van der Waals surface area contributed by atoms with Crippen molar-refractivity contribution in [2.24, 2.45) is 0 Å². The van der Waals surface area contributed by atoms with Gasteiger partial charge < -0.3 is 10.2 Å². The maximum Gasteiger partial charge on any atom is 0.264 e. The van der Waals surface area contributed by atoms with E-state index >= 15 is 0 Å². The number of benzene rings is 3. The van der Waals surface area contributed by atoms with Crippen molar-refractivity contribution in [1.82, 2.24) is 10.2 Å². The molecule has 214 valence electrons. The molecular formula is C31H38ClN3O4S. The number of nitrogens with one attached hydrogen (secondary N) is 1. The first-order chi connectivity index (χ1) is 18.8. The number of carbonyl (C=O) groups is 2. The normalized spacial score (nSPS) is 12.9. The lowest BCUT2D eigenvalue weighted by Crippen LogP contribution is -2.52. The number of anilines is 1. The highest BCUT2D eigenvalue weighted by molar-refractivity contribution is 7.92. The van der Waals surface area contributed by atoms with Crippen LogP contribution in [0, 0.1) is 20.8 Å². The Kier molecular flexibility index (Phi) is 10.4. The summed E-state index contributed by atoms with van der Waals surface area (Å²) in [4.78, 5) is 28.7. The molecule has 0 heterocycles. The van der Waals surface area contributed by atoms with Crippen molar-refractivity contribution >= 4 is 39.1 Å². The van der Waals surface area contributed by atoms with Crippen LogP contribution < -0.4 is 9.62 Å². The van der Waals surface area contributed by atoms with Crippen molar-refractivity contribution in [3.05, 3.63) is 94.0 Å². The van der Waals surface area contributed by atoms with E-state index in [4.69, 9.17) is 11.6 Å². The topological polar surface area (TPSA) is 86.8 Å². The molecule has 3 aromatic rings. The molecule has 0 unspecified atom stereocenters. The molecule has 0 saturated heterocycles. The number of rotatable bonds is 11.